The van der Waals surface area contributed by atoms with Gasteiger partial charge in [0.15, 0.2) is 15.6 Å². The molecule has 4 rings (SSSR count). The average Bonchev–Trinajstić information content (AvgIpc) is 2.89. The van der Waals surface area contributed by atoms with Crippen molar-refractivity contribution in [2.24, 2.45) is 10.2 Å². The molecule has 1 amide bonds. The molecule has 4 aromatic rings. The molecular formula is C24H21N3O14S4. The van der Waals surface area contributed by atoms with Crippen LogP contribution in [0.4, 0.5) is 17.1 Å². The molecule has 0 aliphatic heterocycles. The van der Waals surface area contributed by atoms with E-state index in [1.807, 2.05) is 0 Å². The molecule has 45 heavy (non-hydrogen) atoms. The summed E-state index contributed by atoms with van der Waals surface area (Å²) < 4.78 is 128. The molecule has 17 nitrogen and oxygen atoms in total. The van der Waals surface area contributed by atoms with Crippen molar-refractivity contribution in [3.8, 4) is 5.75 Å². The molecule has 240 valence electrons. The number of aromatic hydroxyl groups is 1. The number of benzene rings is 4. The van der Waals surface area contributed by atoms with Gasteiger partial charge in [-0.2, -0.15) is 30.4 Å². The Balaban J connectivity index is 1.87. The second-order valence-corrected chi connectivity index (χ2v) is 15.2. The van der Waals surface area contributed by atoms with Gasteiger partial charge in [0.2, 0.25) is 5.91 Å². The van der Waals surface area contributed by atoms with E-state index in [1.165, 1.54) is 37.3 Å². The topological polar surface area (TPSA) is 281 Å². The summed E-state index contributed by atoms with van der Waals surface area (Å²) in [6, 6.07) is 10.0. The van der Waals surface area contributed by atoms with Crippen LogP contribution in [0.25, 0.3) is 21.5 Å². The van der Waals surface area contributed by atoms with Crippen LogP contribution in [0.2, 0.25) is 0 Å². The standard InChI is InChI=1S/C24H21N3O14S4/c1-13(28)25-16-4-5-19-15(8-16)10-22(44(35,36)37)23(24(19)29)27-26-17-3-2-14-9-18(43(32,33)34)12-21(20(14)11-17)42(30,31)7-6-41-45(38,39)40/h2-5,8-12,29H,6-7H2,1H3,(H,25,28)(H,32,33,34)(H,35,36,37)(H,38,39,40)/b27-26+. The molecule has 0 saturated heterocycles. The SMILES string of the molecule is CC(=O)Nc1ccc2c(O)c(/N=N/c3ccc4cc(S(=O)(=O)O)cc(S(=O)(=O)CCOS(=O)(=O)O)c4c3)c(S(=O)(=O)O)cc2c1. The van der Waals surface area contributed by atoms with Gasteiger partial charge in [-0.05, 0) is 59.3 Å². The van der Waals surface area contributed by atoms with Crippen LogP contribution in [0, 0.1) is 0 Å². The molecule has 0 saturated carbocycles. The van der Waals surface area contributed by atoms with Gasteiger partial charge in [0, 0.05) is 23.4 Å². The first kappa shape index (κ1) is 33.8. The van der Waals surface area contributed by atoms with Crippen LogP contribution in [0.3, 0.4) is 0 Å². The van der Waals surface area contributed by atoms with E-state index in [1.54, 1.807) is 0 Å². The molecule has 0 fully saturated rings. The first-order valence-electron chi connectivity index (χ1n) is 12.0. The molecular weight excluding hydrogens is 683 g/mol. The second kappa shape index (κ2) is 12.0. The molecule has 0 unspecified atom stereocenters. The number of rotatable bonds is 10. The van der Waals surface area contributed by atoms with Crippen molar-refractivity contribution in [3.63, 3.8) is 0 Å². The third-order valence-electron chi connectivity index (χ3n) is 6.01. The number of phenols is 1. The Morgan fingerprint density at radius 2 is 1.47 bits per heavy atom. The minimum Gasteiger partial charge on any atom is -0.505 e. The highest BCUT2D eigenvalue weighted by Crippen LogP contribution is 2.42. The van der Waals surface area contributed by atoms with Gasteiger partial charge in [-0.15, -0.1) is 5.11 Å². The van der Waals surface area contributed by atoms with E-state index >= 15 is 0 Å². The summed E-state index contributed by atoms with van der Waals surface area (Å²) in [5.74, 6) is -2.21. The molecule has 0 bridgehead atoms. The minimum absolute atomic E-state index is 0.0551. The predicted octanol–water partition coefficient (Wildman–Crippen LogP) is 3.16. The Hall–Kier alpha value is -4.09. The van der Waals surface area contributed by atoms with Gasteiger partial charge in [-0.25, -0.2) is 12.6 Å². The zero-order chi connectivity index (χ0) is 33.5. The van der Waals surface area contributed by atoms with Crippen molar-refractivity contribution in [2.75, 3.05) is 17.7 Å². The predicted molar refractivity (Wildman–Crippen MR) is 157 cm³/mol. The number of amides is 1. The average molecular weight is 704 g/mol. The number of nitrogens with zero attached hydrogens (tertiary/aromatic N) is 2. The number of nitrogens with one attached hydrogen (secondary N) is 1. The molecule has 4 aromatic carbocycles. The second-order valence-electron chi connectivity index (χ2n) is 9.23. The van der Waals surface area contributed by atoms with Gasteiger partial charge in [0.05, 0.1) is 27.8 Å². The zero-order valence-electron chi connectivity index (χ0n) is 22.5. The van der Waals surface area contributed by atoms with Crippen LogP contribution in [-0.4, -0.2) is 70.7 Å². The first-order chi connectivity index (χ1) is 20.7. The largest absolute Gasteiger partial charge is 0.505 e. The van der Waals surface area contributed by atoms with Gasteiger partial charge >= 0.3 is 10.4 Å². The summed E-state index contributed by atoms with van der Waals surface area (Å²) in [5.41, 5.74) is -0.613. The molecule has 0 atom stereocenters. The smallest absolute Gasteiger partial charge is 0.397 e. The van der Waals surface area contributed by atoms with E-state index in [0.717, 1.165) is 18.2 Å². The number of carbonyl (C=O) groups excluding carboxylic acids is 1. The number of carbonyl (C=O) groups is 1. The monoisotopic (exact) mass is 703 g/mol. The van der Waals surface area contributed by atoms with E-state index in [4.69, 9.17) is 4.55 Å². The highest BCUT2D eigenvalue weighted by molar-refractivity contribution is 7.91. The van der Waals surface area contributed by atoms with Crippen LogP contribution < -0.4 is 5.32 Å². The maximum atomic E-state index is 13.1. The highest BCUT2D eigenvalue weighted by atomic mass is 32.3. The van der Waals surface area contributed by atoms with E-state index in [-0.39, 0.29) is 32.9 Å². The van der Waals surface area contributed by atoms with E-state index < -0.39 is 84.9 Å². The number of phenolic OH excluding ortho intramolecular Hbond substituents is 1. The van der Waals surface area contributed by atoms with Gasteiger partial charge in [0.1, 0.15) is 10.6 Å². The Kier molecular flexibility index (Phi) is 9.02. The fraction of sp³-hybridized carbons (Fsp3) is 0.125. The van der Waals surface area contributed by atoms with Crippen molar-refractivity contribution in [1.82, 2.24) is 0 Å². The van der Waals surface area contributed by atoms with Crippen molar-refractivity contribution in [2.45, 2.75) is 21.6 Å². The number of fused-ring (bicyclic) bond motifs is 2. The first-order valence-corrected chi connectivity index (χ1v) is 17.9. The number of sulfone groups is 1. The van der Waals surface area contributed by atoms with Gasteiger partial charge < -0.3 is 10.4 Å². The third-order valence-corrected chi connectivity index (χ3v) is 9.88. The normalized spacial score (nSPS) is 13.1. The summed E-state index contributed by atoms with van der Waals surface area (Å²) in [7, 11) is -19.5. The van der Waals surface area contributed by atoms with Crippen molar-refractivity contribution in [1.29, 1.82) is 0 Å². The fourth-order valence-corrected chi connectivity index (χ4v) is 7.16. The van der Waals surface area contributed by atoms with Crippen LogP contribution >= 0.6 is 0 Å². The van der Waals surface area contributed by atoms with E-state index in [2.05, 4.69) is 19.7 Å². The summed E-state index contributed by atoms with van der Waals surface area (Å²) in [6.45, 7) is 0.190. The van der Waals surface area contributed by atoms with Crippen LogP contribution in [-0.2, 0) is 49.5 Å². The lowest BCUT2D eigenvalue weighted by molar-refractivity contribution is -0.114. The summed E-state index contributed by atoms with van der Waals surface area (Å²) in [6.07, 6.45) is 0. The maximum absolute atomic E-state index is 13.1. The molecule has 0 aromatic heterocycles. The van der Waals surface area contributed by atoms with Crippen molar-refractivity contribution in [3.05, 3.63) is 54.6 Å². The van der Waals surface area contributed by atoms with Crippen LogP contribution in [0.1, 0.15) is 6.92 Å². The summed E-state index contributed by atoms with van der Waals surface area (Å²) in [4.78, 5) is 8.98. The Morgan fingerprint density at radius 1 is 0.778 bits per heavy atom. The lowest BCUT2D eigenvalue weighted by Crippen LogP contribution is -2.16. The molecule has 21 heteroatoms. The van der Waals surface area contributed by atoms with E-state index in [9.17, 15) is 52.7 Å². The van der Waals surface area contributed by atoms with Gasteiger partial charge in [-0.1, -0.05) is 6.07 Å². The Bertz CT molecular complexity index is 2360. The zero-order valence-corrected chi connectivity index (χ0v) is 25.8. The quantitative estimate of drug-likeness (QED) is 0.117. The molecule has 0 aliphatic carbocycles. The minimum atomic E-state index is -5.02. The number of azo groups is 1. The van der Waals surface area contributed by atoms with Gasteiger partial charge in [0.25, 0.3) is 20.2 Å². The number of hydrogen-bond acceptors (Lipinski definition) is 13. The Labute approximate surface area is 255 Å². The maximum Gasteiger partial charge on any atom is 0.397 e. The van der Waals surface area contributed by atoms with Crippen molar-refractivity contribution < 1.29 is 61.4 Å². The summed E-state index contributed by atoms with van der Waals surface area (Å²) in [5, 5.41) is 20.9. The highest BCUT2D eigenvalue weighted by Gasteiger charge is 2.25. The number of anilines is 1. The fourth-order valence-electron chi connectivity index (χ4n) is 4.15. The molecule has 5 N–H and O–H groups in total. The van der Waals surface area contributed by atoms with Crippen molar-refractivity contribution >= 4 is 85.0 Å². The molecule has 0 radical (unpaired) electrons. The van der Waals surface area contributed by atoms with E-state index in [0.29, 0.717) is 6.07 Å². The lowest BCUT2D eigenvalue weighted by atomic mass is 10.1. The van der Waals surface area contributed by atoms with Crippen LogP contribution in [0.15, 0.2) is 79.5 Å². The van der Waals surface area contributed by atoms with Crippen LogP contribution in [0.5, 0.6) is 5.75 Å². The summed E-state index contributed by atoms with van der Waals surface area (Å²) >= 11 is 0. The molecule has 0 spiro atoms. The molecule has 0 aliphatic rings. The Morgan fingerprint density at radius 3 is 2.07 bits per heavy atom. The lowest BCUT2D eigenvalue weighted by Gasteiger charge is -2.11. The van der Waals surface area contributed by atoms with Gasteiger partial charge in [-0.3, -0.25) is 18.5 Å². The third kappa shape index (κ3) is 7.96. The number of hydrogen-bond donors (Lipinski definition) is 5. The molecule has 0 heterocycles.